The van der Waals surface area contributed by atoms with Crippen molar-refractivity contribution in [3.05, 3.63) is 63.6 Å². The Balaban J connectivity index is 2.05. The summed E-state index contributed by atoms with van der Waals surface area (Å²) in [5, 5.41) is 7.45. The van der Waals surface area contributed by atoms with Gasteiger partial charge in [0.15, 0.2) is 5.11 Å². The van der Waals surface area contributed by atoms with Gasteiger partial charge in [-0.2, -0.15) is 0 Å². The van der Waals surface area contributed by atoms with E-state index in [4.69, 9.17) is 45.1 Å². The first kappa shape index (κ1) is 22.5. The molecule has 0 saturated carbocycles. The fourth-order valence-electron chi connectivity index (χ4n) is 3.19. The standard InChI is InChI=1S/C21H22Cl2N4O2S/c1-12(11-29-3)24-21(30)26-19-20(28)27(2)17-9-8-13(22)10-15(17)18(25-19)14-6-4-5-7-16(14)23/h4-10,12,19H,11H2,1-3H3,(H2,24,26,30). The van der Waals surface area contributed by atoms with Crippen molar-refractivity contribution in [2.75, 3.05) is 25.7 Å². The van der Waals surface area contributed by atoms with Gasteiger partial charge in [-0.15, -0.1) is 0 Å². The molecule has 1 amide bonds. The lowest BCUT2D eigenvalue weighted by Crippen LogP contribution is -2.51. The van der Waals surface area contributed by atoms with Gasteiger partial charge < -0.3 is 20.3 Å². The molecule has 0 radical (unpaired) electrons. The summed E-state index contributed by atoms with van der Waals surface area (Å²) >= 11 is 18.1. The average molecular weight is 465 g/mol. The molecular weight excluding hydrogens is 443 g/mol. The van der Waals surface area contributed by atoms with Crippen molar-refractivity contribution < 1.29 is 9.53 Å². The number of benzene rings is 2. The van der Waals surface area contributed by atoms with E-state index in [1.807, 2.05) is 25.1 Å². The van der Waals surface area contributed by atoms with Crippen LogP contribution in [0.1, 0.15) is 18.1 Å². The van der Waals surface area contributed by atoms with Crippen LogP contribution in [0.3, 0.4) is 0 Å². The van der Waals surface area contributed by atoms with Gasteiger partial charge in [-0.3, -0.25) is 4.79 Å². The van der Waals surface area contributed by atoms with Gasteiger partial charge in [0.05, 0.1) is 18.0 Å². The summed E-state index contributed by atoms with van der Waals surface area (Å²) in [7, 11) is 3.31. The number of fused-ring (bicyclic) bond motifs is 1. The summed E-state index contributed by atoms with van der Waals surface area (Å²) in [6.45, 7) is 2.40. The Labute approximate surface area is 191 Å². The van der Waals surface area contributed by atoms with Crippen molar-refractivity contribution >= 4 is 57.8 Å². The van der Waals surface area contributed by atoms with Crippen LogP contribution in [-0.4, -0.2) is 49.7 Å². The van der Waals surface area contributed by atoms with Gasteiger partial charge in [-0.05, 0) is 43.4 Å². The normalized spacial score (nSPS) is 17.0. The quantitative estimate of drug-likeness (QED) is 0.661. The fourth-order valence-corrected chi connectivity index (χ4v) is 3.90. The first-order valence-electron chi connectivity index (χ1n) is 9.28. The van der Waals surface area contributed by atoms with Crippen LogP contribution in [0.5, 0.6) is 0 Å². The molecule has 2 unspecified atom stereocenters. The minimum absolute atomic E-state index is 0.0309. The average Bonchev–Trinajstić information content (AvgIpc) is 2.79. The van der Waals surface area contributed by atoms with Crippen LogP contribution in [0, 0.1) is 0 Å². The number of carbonyl (C=O) groups excluding carboxylic acids is 1. The molecular formula is C21H22Cl2N4O2S. The van der Waals surface area contributed by atoms with Crippen LogP contribution in [0.2, 0.25) is 10.0 Å². The number of hydrogen-bond donors (Lipinski definition) is 2. The second-order valence-electron chi connectivity index (χ2n) is 6.89. The molecule has 0 aromatic heterocycles. The van der Waals surface area contributed by atoms with E-state index in [1.165, 1.54) is 4.90 Å². The van der Waals surface area contributed by atoms with E-state index in [9.17, 15) is 4.79 Å². The van der Waals surface area contributed by atoms with E-state index in [2.05, 4.69) is 10.6 Å². The molecule has 0 fully saturated rings. The second kappa shape index (κ2) is 9.75. The molecule has 2 N–H and O–H groups in total. The smallest absolute Gasteiger partial charge is 0.272 e. The number of likely N-dealkylation sites (N-methyl/N-ethyl adjacent to an activating group) is 1. The van der Waals surface area contributed by atoms with E-state index in [0.29, 0.717) is 44.3 Å². The van der Waals surface area contributed by atoms with Crippen molar-refractivity contribution in [3.8, 4) is 0 Å². The molecule has 0 bridgehead atoms. The lowest BCUT2D eigenvalue weighted by Gasteiger charge is -2.23. The number of carbonyl (C=O) groups is 1. The van der Waals surface area contributed by atoms with Gasteiger partial charge in [0.25, 0.3) is 5.91 Å². The number of thiocarbonyl (C=S) groups is 1. The van der Waals surface area contributed by atoms with Crippen LogP contribution in [0.15, 0.2) is 47.5 Å². The zero-order valence-electron chi connectivity index (χ0n) is 16.8. The van der Waals surface area contributed by atoms with Gasteiger partial charge in [-0.1, -0.05) is 41.4 Å². The maximum Gasteiger partial charge on any atom is 0.272 e. The summed E-state index contributed by atoms with van der Waals surface area (Å²) in [5.41, 5.74) is 2.65. The van der Waals surface area contributed by atoms with Gasteiger partial charge in [0, 0.05) is 41.4 Å². The molecule has 1 aliphatic heterocycles. The maximum atomic E-state index is 13.2. The van der Waals surface area contributed by atoms with Crippen molar-refractivity contribution in [1.82, 2.24) is 10.6 Å². The fraction of sp³-hybridized carbons (Fsp3) is 0.286. The van der Waals surface area contributed by atoms with E-state index >= 15 is 0 Å². The summed E-state index contributed by atoms with van der Waals surface area (Å²) in [6.07, 6.45) is -0.942. The van der Waals surface area contributed by atoms with Crippen molar-refractivity contribution in [1.29, 1.82) is 0 Å². The molecule has 0 saturated heterocycles. The molecule has 2 aromatic carbocycles. The zero-order valence-corrected chi connectivity index (χ0v) is 19.1. The Hall–Kier alpha value is -2.19. The Morgan fingerprint density at radius 3 is 2.70 bits per heavy atom. The third-order valence-corrected chi connectivity index (χ3v) is 5.39. The topological polar surface area (TPSA) is 66.0 Å². The minimum atomic E-state index is -0.942. The monoisotopic (exact) mass is 464 g/mol. The molecule has 1 heterocycles. The van der Waals surface area contributed by atoms with Gasteiger partial charge in [0.2, 0.25) is 6.17 Å². The van der Waals surface area contributed by atoms with Crippen LogP contribution < -0.4 is 15.5 Å². The Morgan fingerprint density at radius 1 is 1.27 bits per heavy atom. The Bertz CT molecular complexity index is 999. The summed E-state index contributed by atoms with van der Waals surface area (Å²) in [6, 6.07) is 12.6. The summed E-state index contributed by atoms with van der Waals surface area (Å²) in [5.74, 6) is -0.260. The molecule has 158 valence electrons. The highest BCUT2D eigenvalue weighted by Gasteiger charge is 2.31. The van der Waals surface area contributed by atoms with Gasteiger partial charge in [-0.25, -0.2) is 4.99 Å². The lowest BCUT2D eigenvalue weighted by atomic mass is 10.00. The first-order chi connectivity index (χ1) is 14.3. The number of halogens is 2. The Kier molecular flexibility index (Phi) is 7.31. The number of benzodiazepines with no additional fused rings is 1. The molecule has 2 aromatic rings. The number of methoxy groups -OCH3 is 1. The van der Waals surface area contributed by atoms with E-state index in [1.54, 1.807) is 38.4 Å². The number of ether oxygens (including phenoxy) is 1. The zero-order chi connectivity index (χ0) is 21.8. The first-order valence-corrected chi connectivity index (χ1v) is 10.4. The lowest BCUT2D eigenvalue weighted by molar-refractivity contribution is -0.119. The van der Waals surface area contributed by atoms with Gasteiger partial charge >= 0.3 is 0 Å². The number of rotatable bonds is 5. The maximum absolute atomic E-state index is 13.2. The number of nitrogens with zero attached hydrogens (tertiary/aromatic N) is 2. The van der Waals surface area contributed by atoms with Crippen molar-refractivity contribution in [2.24, 2.45) is 4.99 Å². The number of nitrogens with one attached hydrogen (secondary N) is 2. The summed E-state index contributed by atoms with van der Waals surface area (Å²) in [4.78, 5) is 19.4. The third-order valence-electron chi connectivity index (χ3n) is 4.59. The van der Waals surface area contributed by atoms with Crippen LogP contribution in [0.4, 0.5) is 5.69 Å². The molecule has 9 heteroatoms. The van der Waals surface area contributed by atoms with Crippen molar-refractivity contribution in [3.63, 3.8) is 0 Å². The van der Waals surface area contributed by atoms with Crippen molar-refractivity contribution in [2.45, 2.75) is 19.1 Å². The van der Waals surface area contributed by atoms with Crippen LogP contribution in [-0.2, 0) is 9.53 Å². The highest BCUT2D eigenvalue weighted by Crippen LogP contribution is 2.31. The minimum Gasteiger partial charge on any atom is -0.383 e. The highest BCUT2D eigenvalue weighted by atomic mass is 35.5. The second-order valence-corrected chi connectivity index (χ2v) is 8.14. The molecule has 0 aliphatic carbocycles. The van der Waals surface area contributed by atoms with E-state index in [0.717, 1.165) is 0 Å². The number of amides is 1. The predicted molar refractivity (Wildman–Crippen MR) is 126 cm³/mol. The van der Waals surface area contributed by atoms with Gasteiger partial charge in [0.1, 0.15) is 0 Å². The van der Waals surface area contributed by atoms with Crippen LogP contribution >= 0.6 is 35.4 Å². The molecule has 0 spiro atoms. The van der Waals surface area contributed by atoms with E-state index < -0.39 is 6.17 Å². The number of anilines is 1. The number of hydrogen-bond acceptors (Lipinski definition) is 4. The number of aliphatic imine (C=N–C) groups is 1. The third kappa shape index (κ3) is 4.92. The van der Waals surface area contributed by atoms with E-state index in [-0.39, 0.29) is 11.9 Å². The summed E-state index contributed by atoms with van der Waals surface area (Å²) < 4.78 is 5.11. The van der Waals surface area contributed by atoms with Crippen LogP contribution in [0.25, 0.3) is 0 Å². The highest BCUT2D eigenvalue weighted by molar-refractivity contribution is 7.80. The molecule has 30 heavy (non-hydrogen) atoms. The molecule has 2 atom stereocenters. The molecule has 1 aliphatic rings. The largest absolute Gasteiger partial charge is 0.383 e. The molecule has 3 rings (SSSR count). The predicted octanol–water partition coefficient (Wildman–Crippen LogP) is 3.63. The SMILES string of the molecule is COCC(C)NC(=S)NC1N=C(c2ccccc2Cl)c2cc(Cl)ccc2N(C)C1=O. The molecule has 6 nitrogen and oxygen atoms in total. The Morgan fingerprint density at radius 2 is 2.00 bits per heavy atom.